The Kier molecular flexibility index (Phi) is 10.6. The van der Waals surface area contributed by atoms with Crippen molar-refractivity contribution in [2.75, 3.05) is 0 Å². The van der Waals surface area contributed by atoms with Gasteiger partial charge in [-0.3, -0.25) is 19.4 Å². The number of hydrogen-bond acceptors (Lipinski definition) is 4. The van der Waals surface area contributed by atoms with Crippen LogP contribution in [0.25, 0.3) is 11.1 Å². The molecule has 2 amide bonds. The molecule has 1 heterocycles. The Morgan fingerprint density at radius 3 is 2.23 bits per heavy atom. The Balaban J connectivity index is 1.63. The summed E-state index contributed by atoms with van der Waals surface area (Å²) in [6, 6.07) is 19.1. The number of aliphatic carboxylic acids is 1. The topological polar surface area (TPSA) is 108 Å². The predicted molar refractivity (Wildman–Crippen MR) is 157 cm³/mol. The molecule has 0 fully saturated rings. The van der Waals surface area contributed by atoms with Crippen LogP contribution in [0.5, 0.6) is 0 Å². The van der Waals surface area contributed by atoms with Crippen LogP contribution in [0.3, 0.4) is 0 Å². The van der Waals surface area contributed by atoms with E-state index >= 15 is 0 Å². The number of amides is 2. The lowest BCUT2D eigenvalue weighted by molar-refractivity contribution is -0.142. The molecule has 212 valence electrons. The first kappa shape index (κ1) is 30.5. The van der Waals surface area contributed by atoms with Crippen molar-refractivity contribution in [2.24, 2.45) is 11.3 Å². The van der Waals surface area contributed by atoms with Crippen molar-refractivity contribution in [2.45, 2.75) is 72.4 Å². The number of aryl methyl sites for hydroxylation is 2. The normalized spacial score (nSPS) is 13.6. The Morgan fingerprint density at radius 1 is 0.925 bits per heavy atom. The highest BCUT2D eigenvalue weighted by atomic mass is 16.4. The standard InChI is InChI=1S/C33H41N3O4/c1-22-10-6-7-14-28(22)25-17-15-24(16-18-25)11-8-12-26(20-29(37)38)31(39)36-30(33(3,4)5)32(40)35-23(2)27-13-9-19-34-21-27/h6-7,9-10,13-19,21,23,26,30H,8,11-12,20H2,1-5H3,(H,35,40)(H,36,39)(H,37,38)/t23-,26-,30-/m1/s1. The second-order valence-electron chi connectivity index (χ2n) is 11.5. The molecule has 0 aliphatic heterocycles. The molecule has 0 spiro atoms. The summed E-state index contributed by atoms with van der Waals surface area (Å²) in [6.07, 6.45) is 4.85. The summed E-state index contributed by atoms with van der Waals surface area (Å²) >= 11 is 0. The number of carbonyl (C=O) groups is 3. The van der Waals surface area contributed by atoms with Crippen molar-refractivity contribution in [3.63, 3.8) is 0 Å². The number of rotatable bonds is 12. The summed E-state index contributed by atoms with van der Waals surface area (Å²) in [7, 11) is 0. The number of hydrogen-bond donors (Lipinski definition) is 3. The molecule has 2 aromatic carbocycles. The molecule has 0 aliphatic carbocycles. The molecular formula is C33H41N3O4. The van der Waals surface area contributed by atoms with Crippen molar-refractivity contribution in [1.82, 2.24) is 15.6 Å². The third-order valence-corrected chi connectivity index (χ3v) is 7.18. The Hall–Kier alpha value is -4.00. The number of aromatic nitrogens is 1. The van der Waals surface area contributed by atoms with Gasteiger partial charge in [0.25, 0.3) is 0 Å². The second kappa shape index (κ2) is 13.9. The lowest BCUT2D eigenvalue weighted by Crippen LogP contribution is -2.55. The van der Waals surface area contributed by atoms with Gasteiger partial charge in [-0.2, -0.15) is 0 Å². The van der Waals surface area contributed by atoms with E-state index in [1.807, 2.05) is 45.9 Å². The van der Waals surface area contributed by atoms with Gasteiger partial charge in [0.2, 0.25) is 11.8 Å². The van der Waals surface area contributed by atoms with Gasteiger partial charge in [0, 0.05) is 18.3 Å². The maximum absolute atomic E-state index is 13.3. The van der Waals surface area contributed by atoms with Crippen LogP contribution in [0, 0.1) is 18.3 Å². The molecular weight excluding hydrogens is 502 g/mol. The fraction of sp³-hybridized carbons (Fsp3) is 0.394. The van der Waals surface area contributed by atoms with Gasteiger partial charge in [-0.05, 0) is 72.4 Å². The van der Waals surface area contributed by atoms with Gasteiger partial charge in [0.1, 0.15) is 6.04 Å². The van der Waals surface area contributed by atoms with Crippen molar-refractivity contribution in [3.8, 4) is 11.1 Å². The van der Waals surface area contributed by atoms with E-state index in [0.29, 0.717) is 12.8 Å². The van der Waals surface area contributed by atoms with Crippen LogP contribution >= 0.6 is 0 Å². The van der Waals surface area contributed by atoms with Crippen molar-refractivity contribution >= 4 is 17.8 Å². The van der Waals surface area contributed by atoms with Crippen LogP contribution < -0.4 is 10.6 Å². The quantitative estimate of drug-likeness (QED) is 0.264. The van der Waals surface area contributed by atoms with E-state index in [1.165, 1.54) is 11.1 Å². The maximum atomic E-state index is 13.3. The minimum Gasteiger partial charge on any atom is -0.481 e. The average molecular weight is 544 g/mol. The average Bonchev–Trinajstić information content (AvgIpc) is 2.91. The first-order valence-electron chi connectivity index (χ1n) is 13.8. The van der Waals surface area contributed by atoms with Crippen LogP contribution in [-0.4, -0.2) is 33.9 Å². The molecule has 0 aliphatic rings. The Morgan fingerprint density at radius 2 is 1.62 bits per heavy atom. The highest BCUT2D eigenvalue weighted by molar-refractivity contribution is 5.90. The summed E-state index contributed by atoms with van der Waals surface area (Å²) in [4.78, 5) is 42.3. The zero-order valence-corrected chi connectivity index (χ0v) is 24.1. The molecule has 0 saturated heterocycles. The van der Waals surface area contributed by atoms with E-state index in [9.17, 15) is 19.5 Å². The van der Waals surface area contributed by atoms with Gasteiger partial charge in [-0.15, -0.1) is 0 Å². The fourth-order valence-electron chi connectivity index (χ4n) is 4.78. The number of carboxylic acid groups (broad SMARTS) is 1. The summed E-state index contributed by atoms with van der Waals surface area (Å²) in [5.41, 5.74) is 4.95. The molecule has 3 N–H and O–H groups in total. The first-order valence-corrected chi connectivity index (χ1v) is 13.8. The first-order chi connectivity index (χ1) is 19.0. The number of nitrogens with zero attached hydrogens (tertiary/aromatic N) is 1. The Labute approximate surface area is 237 Å². The molecule has 3 aromatic rings. The zero-order chi connectivity index (χ0) is 29.3. The van der Waals surface area contributed by atoms with E-state index in [4.69, 9.17) is 0 Å². The van der Waals surface area contributed by atoms with Crippen LogP contribution in [0.1, 0.15) is 69.7 Å². The molecule has 7 nitrogen and oxygen atoms in total. The summed E-state index contributed by atoms with van der Waals surface area (Å²) in [6.45, 7) is 9.57. The molecule has 0 bridgehead atoms. The molecule has 3 atom stereocenters. The highest BCUT2D eigenvalue weighted by Gasteiger charge is 2.35. The van der Waals surface area contributed by atoms with E-state index in [-0.39, 0.29) is 18.4 Å². The highest BCUT2D eigenvalue weighted by Crippen LogP contribution is 2.25. The van der Waals surface area contributed by atoms with Gasteiger partial charge >= 0.3 is 5.97 Å². The number of nitrogens with one attached hydrogen (secondary N) is 2. The van der Waals surface area contributed by atoms with Gasteiger partial charge < -0.3 is 15.7 Å². The second-order valence-corrected chi connectivity index (χ2v) is 11.5. The van der Waals surface area contributed by atoms with E-state index in [0.717, 1.165) is 23.1 Å². The maximum Gasteiger partial charge on any atom is 0.304 e. The lowest BCUT2D eigenvalue weighted by atomic mass is 9.85. The number of carboxylic acids is 1. The third kappa shape index (κ3) is 8.76. The zero-order valence-electron chi connectivity index (χ0n) is 24.1. The summed E-state index contributed by atoms with van der Waals surface area (Å²) in [5.74, 6) is -2.51. The minimum atomic E-state index is -1.04. The molecule has 3 rings (SSSR count). The van der Waals surface area contributed by atoms with Crippen LogP contribution in [0.2, 0.25) is 0 Å². The van der Waals surface area contributed by atoms with Crippen LogP contribution in [-0.2, 0) is 20.8 Å². The van der Waals surface area contributed by atoms with Crippen molar-refractivity contribution in [1.29, 1.82) is 0 Å². The summed E-state index contributed by atoms with van der Waals surface area (Å²) in [5, 5.41) is 15.3. The van der Waals surface area contributed by atoms with Crippen molar-refractivity contribution in [3.05, 3.63) is 89.7 Å². The van der Waals surface area contributed by atoms with Gasteiger partial charge in [-0.1, -0.05) is 75.4 Å². The molecule has 0 unspecified atom stereocenters. The van der Waals surface area contributed by atoms with Crippen LogP contribution in [0.15, 0.2) is 73.1 Å². The summed E-state index contributed by atoms with van der Waals surface area (Å²) < 4.78 is 0. The van der Waals surface area contributed by atoms with Crippen molar-refractivity contribution < 1.29 is 19.5 Å². The molecule has 1 aromatic heterocycles. The number of carbonyl (C=O) groups excluding carboxylic acids is 2. The van der Waals surface area contributed by atoms with E-state index in [1.54, 1.807) is 18.5 Å². The smallest absolute Gasteiger partial charge is 0.304 e. The molecule has 7 heteroatoms. The molecule has 0 saturated carbocycles. The van der Waals surface area contributed by atoms with Gasteiger partial charge in [0.05, 0.1) is 12.5 Å². The van der Waals surface area contributed by atoms with E-state index < -0.39 is 29.3 Å². The third-order valence-electron chi connectivity index (χ3n) is 7.18. The monoisotopic (exact) mass is 543 g/mol. The van der Waals surface area contributed by atoms with Crippen LogP contribution in [0.4, 0.5) is 0 Å². The largest absolute Gasteiger partial charge is 0.481 e. The lowest BCUT2D eigenvalue weighted by Gasteiger charge is -2.32. The number of benzene rings is 2. The number of pyridine rings is 1. The molecule has 40 heavy (non-hydrogen) atoms. The SMILES string of the molecule is Cc1ccccc1-c1ccc(CCC[C@H](CC(=O)O)C(=O)N[C@H](C(=O)N[C@H](C)c2cccnc2)C(C)(C)C)cc1. The van der Waals surface area contributed by atoms with Gasteiger partial charge in [0.15, 0.2) is 0 Å². The molecule has 0 radical (unpaired) electrons. The Bertz CT molecular complexity index is 1280. The minimum absolute atomic E-state index is 0.289. The predicted octanol–water partition coefficient (Wildman–Crippen LogP) is 5.88. The fourth-order valence-corrected chi connectivity index (χ4v) is 4.78. The van der Waals surface area contributed by atoms with E-state index in [2.05, 4.69) is 58.9 Å². The van der Waals surface area contributed by atoms with Gasteiger partial charge in [-0.25, -0.2) is 0 Å².